The molecular formula is C15H19N4O4Y-. The van der Waals surface area contributed by atoms with Crippen molar-refractivity contribution in [2.24, 2.45) is 0 Å². The van der Waals surface area contributed by atoms with Gasteiger partial charge in [0.15, 0.2) is 0 Å². The van der Waals surface area contributed by atoms with E-state index in [0.29, 0.717) is 23.1 Å². The fourth-order valence-corrected chi connectivity index (χ4v) is 2.01. The van der Waals surface area contributed by atoms with Gasteiger partial charge in [-0.05, 0) is 39.0 Å². The van der Waals surface area contributed by atoms with Crippen LogP contribution in [0.4, 0.5) is 10.5 Å². The number of fused-ring (bicyclic) bond motifs is 1. The first-order valence-electron chi connectivity index (χ1n) is 7.14. The first-order chi connectivity index (χ1) is 10.7. The maximum Gasteiger partial charge on any atom is 0.434 e. The van der Waals surface area contributed by atoms with E-state index < -0.39 is 23.2 Å². The van der Waals surface area contributed by atoms with Crippen LogP contribution in [0.2, 0.25) is 0 Å². The summed E-state index contributed by atoms with van der Waals surface area (Å²) in [6.07, 6.45) is -0.604. The Labute approximate surface area is 164 Å². The van der Waals surface area contributed by atoms with Crippen molar-refractivity contribution in [2.45, 2.75) is 32.8 Å². The average molecular weight is 408 g/mol. The van der Waals surface area contributed by atoms with E-state index in [1.165, 1.54) is 0 Å². The van der Waals surface area contributed by atoms with Gasteiger partial charge in [0, 0.05) is 51.4 Å². The number of anilines is 1. The van der Waals surface area contributed by atoms with Gasteiger partial charge in [-0.2, -0.15) is 4.68 Å². The van der Waals surface area contributed by atoms with Gasteiger partial charge in [-0.1, -0.05) is 0 Å². The van der Waals surface area contributed by atoms with Crippen molar-refractivity contribution >= 4 is 28.6 Å². The standard InChI is InChI=1S/C15H20N4O4.Y/c1-15(2,3)23-14(22)19-11-8-9(17-7-6-12(16)20)4-5-10(11)13(21)18-19;/h4-5,8H,6-7H2,1-3H3,(H4,16,17,18,20,21);/p-1. The van der Waals surface area contributed by atoms with Crippen LogP contribution in [0.15, 0.2) is 23.0 Å². The van der Waals surface area contributed by atoms with Crippen LogP contribution in [-0.4, -0.2) is 33.9 Å². The van der Waals surface area contributed by atoms with Gasteiger partial charge in [0.2, 0.25) is 0 Å². The Hall–Kier alpha value is -1.67. The number of carbonyl (C=O) groups excluding carboxylic acids is 2. The Morgan fingerprint density at radius 2 is 2.00 bits per heavy atom. The summed E-state index contributed by atoms with van der Waals surface area (Å²) in [4.78, 5) is 34.7. The van der Waals surface area contributed by atoms with Crippen molar-refractivity contribution in [1.29, 1.82) is 0 Å². The van der Waals surface area contributed by atoms with E-state index in [2.05, 4.69) is 10.4 Å². The molecule has 0 unspecified atom stereocenters. The van der Waals surface area contributed by atoms with Gasteiger partial charge in [-0.15, -0.1) is 0 Å². The molecule has 1 aromatic heterocycles. The SMILES string of the molecule is CC(C)(C)OC(=O)n1[nH]c(=O)c2ccc(NCCC([NH-])=O)cc21.[Y]. The van der Waals surface area contributed by atoms with Gasteiger partial charge in [0.25, 0.3) is 5.56 Å². The molecule has 0 fully saturated rings. The first-order valence-corrected chi connectivity index (χ1v) is 7.14. The number of aromatic amines is 1. The molecule has 0 saturated heterocycles. The second kappa shape index (κ2) is 7.94. The topological polar surface area (TPSA) is 117 Å². The minimum absolute atomic E-state index is 0. The fourth-order valence-electron chi connectivity index (χ4n) is 2.01. The molecule has 1 radical (unpaired) electrons. The number of nitrogens with zero attached hydrogens (tertiary/aromatic N) is 1. The summed E-state index contributed by atoms with van der Waals surface area (Å²) in [6.45, 7) is 5.51. The normalized spacial score (nSPS) is 11.0. The maximum absolute atomic E-state index is 12.2. The molecular weight excluding hydrogens is 389 g/mol. The zero-order valence-electron chi connectivity index (χ0n) is 13.8. The number of hydrogen-bond acceptors (Lipinski definition) is 5. The van der Waals surface area contributed by atoms with E-state index in [9.17, 15) is 14.4 Å². The molecule has 8 nitrogen and oxygen atoms in total. The molecule has 0 saturated carbocycles. The molecule has 127 valence electrons. The number of hydrogen-bond donors (Lipinski definition) is 2. The first kappa shape index (κ1) is 20.4. The Balaban J connectivity index is 0.00000288. The number of carbonyl (C=O) groups is 2. The van der Waals surface area contributed by atoms with E-state index in [-0.39, 0.29) is 39.1 Å². The van der Waals surface area contributed by atoms with Crippen molar-refractivity contribution < 1.29 is 47.0 Å². The van der Waals surface area contributed by atoms with Crippen molar-refractivity contribution in [1.82, 2.24) is 9.78 Å². The molecule has 0 atom stereocenters. The zero-order chi connectivity index (χ0) is 17.2. The quantitative estimate of drug-likeness (QED) is 0.806. The molecule has 24 heavy (non-hydrogen) atoms. The summed E-state index contributed by atoms with van der Waals surface area (Å²) in [7, 11) is 0. The molecule has 0 aliphatic carbocycles. The summed E-state index contributed by atoms with van der Waals surface area (Å²) >= 11 is 0. The summed E-state index contributed by atoms with van der Waals surface area (Å²) in [6, 6.07) is 4.87. The van der Waals surface area contributed by atoms with E-state index in [0.717, 1.165) is 4.68 Å². The summed E-state index contributed by atoms with van der Waals surface area (Å²) in [5.74, 6) is -0.661. The molecule has 2 aromatic rings. The van der Waals surface area contributed by atoms with Gasteiger partial charge >= 0.3 is 6.09 Å². The molecule has 0 spiro atoms. The number of nitrogens with one attached hydrogen (secondary N) is 3. The number of benzene rings is 1. The number of rotatable bonds is 4. The molecule has 0 aliphatic heterocycles. The van der Waals surface area contributed by atoms with E-state index in [1.807, 2.05) is 0 Å². The predicted octanol–water partition coefficient (Wildman–Crippen LogP) is 2.49. The number of aromatic nitrogens is 2. The van der Waals surface area contributed by atoms with Crippen LogP contribution in [0.25, 0.3) is 16.6 Å². The maximum atomic E-state index is 12.2. The summed E-state index contributed by atoms with van der Waals surface area (Å²) in [5.41, 5.74) is 6.80. The van der Waals surface area contributed by atoms with Crippen LogP contribution in [0, 0.1) is 0 Å². The molecule has 0 bridgehead atoms. The molecule has 1 amide bonds. The minimum Gasteiger partial charge on any atom is -0.668 e. The predicted molar refractivity (Wildman–Crippen MR) is 86.6 cm³/mol. The van der Waals surface area contributed by atoms with Crippen LogP contribution >= 0.6 is 0 Å². The molecule has 1 heterocycles. The summed E-state index contributed by atoms with van der Waals surface area (Å²) < 4.78 is 6.32. The van der Waals surface area contributed by atoms with Gasteiger partial charge in [-0.25, -0.2) is 4.79 Å². The minimum atomic E-state index is -0.686. The average Bonchev–Trinajstić information content (AvgIpc) is 2.74. The van der Waals surface area contributed by atoms with Crippen LogP contribution in [-0.2, 0) is 42.2 Å². The smallest absolute Gasteiger partial charge is 0.434 e. The van der Waals surface area contributed by atoms with Crippen molar-refractivity contribution in [3.8, 4) is 0 Å². The Morgan fingerprint density at radius 3 is 2.58 bits per heavy atom. The van der Waals surface area contributed by atoms with Crippen LogP contribution in [0.5, 0.6) is 0 Å². The molecule has 3 N–H and O–H groups in total. The van der Waals surface area contributed by atoms with Crippen LogP contribution in [0.3, 0.4) is 0 Å². The Kier molecular flexibility index (Phi) is 6.74. The zero-order valence-corrected chi connectivity index (χ0v) is 16.6. The van der Waals surface area contributed by atoms with Crippen molar-refractivity contribution in [3.63, 3.8) is 0 Å². The van der Waals surface area contributed by atoms with Gasteiger partial charge in [-0.3, -0.25) is 9.89 Å². The third-order valence-electron chi connectivity index (χ3n) is 2.95. The van der Waals surface area contributed by atoms with Gasteiger partial charge < -0.3 is 20.6 Å². The van der Waals surface area contributed by atoms with Gasteiger partial charge in [0.1, 0.15) is 5.60 Å². The van der Waals surface area contributed by atoms with Crippen molar-refractivity contribution in [2.75, 3.05) is 11.9 Å². The third kappa shape index (κ3) is 5.17. The fraction of sp³-hybridized carbons (Fsp3) is 0.400. The molecule has 9 heteroatoms. The molecule has 0 aliphatic rings. The van der Waals surface area contributed by atoms with E-state index >= 15 is 0 Å². The third-order valence-corrected chi connectivity index (χ3v) is 2.95. The number of amides is 1. The largest absolute Gasteiger partial charge is 0.668 e. The number of H-pyrrole nitrogens is 1. The molecule has 1 aromatic carbocycles. The summed E-state index contributed by atoms with van der Waals surface area (Å²) in [5, 5.41) is 5.78. The Bertz CT molecular complexity index is 804. The number of ether oxygens (including phenoxy) is 1. The van der Waals surface area contributed by atoms with E-state index in [1.54, 1.807) is 39.0 Å². The van der Waals surface area contributed by atoms with Crippen LogP contribution in [0.1, 0.15) is 27.2 Å². The van der Waals surface area contributed by atoms with Gasteiger partial charge in [0.05, 0.1) is 16.8 Å². The van der Waals surface area contributed by atoms with E-state index in [4.69, 9.17) is 10.5 Å². The van der Waals surface area contributed by atoms with Crippen molar-refractivity contribution in [3.05, 3.63) is 34.3 Å². The second-order valence-corrected chi connectivity index (χ2v) is 6.09. The Morgan fingerprint density at radius 1 is 1.33 bits per heavy atom. The second-order valence-electron chi connectivity index (χ2n) is 6.09. The van der Waals surface area contributed by atoms with Crippen LogP contribution < -0.4 is 10.9 Å². The monoisotopic (exact) mass is 408 g/mol. The molecule has 2 rings (SSSR count).